The van der Waals surface area contributed by atoms with Crippen LogP contribution in [0.1, 0.15) is 31.0 Å². The lowest BCUT2D eigenvalue weighted by Gasteiger charge is -2.40. The molecule has 1 N–H and O–H groups in total. The van der Waals surface area contributed by atoms with Crippen molar-refractivity contribution in [2.45, 2.75) is 25.2 Å². The Kier molecular flexibility index (Phi) is 3.32. The molecule has 5 rings (SSSR count). The normalized spacial score (nSPS) is 18.6. The number of rotatable bonds is 5. The van der Waals surface area contributed by atoms with E-state index in [1.165, 1.54) is 30.8 Å². The Morgan fingerprint density at radius 2 is 2.17 bits per heavy atom. The Balaban J connectivity index is 1.14. The highest BCUT2D eigenvalue weighted by Gasteiger charge is 2.28. The van der Waals surface area contributed by atoms with Crippen molar-refractivity contribution in [3.05, 3.63) is 24.3 Å². The summed E-state index contributed by atoms with van der Waals surface area (Å²) in [6.45, 7) is 2.94. The number of fused-ring (bicyclic) bond motifs is 1. The molecular weight excluding hydrogens is 324 g/mol. The summed E-state index contributed by atoms with van der Waals surface area (Å²) in [5, 5.41) is 16.8. The fourth-order valence-corrected chi connectivity index (χ4v) is 3.80. The van der Waals surface area contributed by atoms with E-state index in [4.69, 9.17) is 0 Å². The quantitative estimate of drug-likeness (QED) is 0.757. The molecule has 1 saturated carbocycles. The summed E-state index contributed by atoms with van der Waals surface area (Å²) in [4.78, 5) is 6.89. The molecule has 8 nitrogen and oxygen atoms in total. The molecule has 0 amide bonds. The lowest BCUT2D eigenvalue weighted by molar-refractivity contribution is 0.404. The average Bonchev–Trinajstić information content (AvgIpc) is 3.12. The number of nitrogens with one attached hydrogen (secondary N) is 1. The zero-order valence-electron chi connectivity index (χ0n) is 13.2. The standard InChI is InChI=1S/C15H18N8S/c1-2-11(3-1)14-18-15(24-21-14)16-6-10-7-22(8-10)13-5-4-12-19-17-9-23(12)20-13/h4-5,9-11H,1-3,6-8H2,(H,16,18,21). The fourth-order valence-electron chi connectivity index (χ4n) is 3.14. The second-order valence-electron chi connectivity index (χ2n) is 6.56. The van der Waals surface area contributed by atoms with Crippen molar-refractivity contribution < 1.29 is 0 Å². The molecule has 2 fully saturated rings. The predicted molar refractivity (Wildman–Crippen MR) is 91.5 cm³/mol. The third kappa shape index (κ3) is 2.48. The van der Waals surface area contributed by atoms with Gasteiger partial charge < -0.3 is 10.2 Å². The molecule has 24 heavy (non-hydrogen) atoms. The van der Waals surface area contributed by atoms with Crippen LogP contribution in [0.5, 0.6) is 0 Å². The molecular formula is C15H18N8S. The molecule has 3 aromatic heterocycles. The summed E-state index contributed by atoms with van der Waals surface area (Å²) in [6.07, 6.45) is 5.45. The second kappa shape index (κ2) is 5.66. The van der Waals surface area contributed by atoms with E-state index in [1.54, 1.807) is 10.8 Å². The van der Waals surface area contributed by atoms with Crippen molar-refractivity contribution in [3.8, 4) is 0 Å². The SMILES string of the molecule is c1cc2nncn2nc1N1CC(CNc2nc(C3CCC3)ns2)C1. The van der Waals surface area contributed by atoms with Crippen molar-refractivity contribution in [2.75, 3.05) is 29.9 Å². The van der Waals surface area contributed by atoms with Gasteiger partial charge in [-0.15, -0.1) is 15.3 Å². The van der Waals surface area contributed by atoms with E-state index in [2.05, 4.69) is 34.9 Å². The van der Waals surface area contributed by atoms with Crippen molar-refractivity contribution in [2.24, 2.45) is 5.92 Å². The van der Waals surface area contributed by atoms with Gasteiger partial charge in [0.2, 0.25) is 5.13 Å². The Morgan fingerprint density at radius 1 is 1.25 bits per heavy atom. The number of anilines is 2. The number of hydrogen-bond donors (Lipinski definition) is 1. The first-order valence-electron chi connectivity index (χ1n) is 8.34. The maximum atomic E-state index is 4.62. The van der Waals surface area contributed by atoms with Crippen molar-refractivity contribution in [3.63, 3.8) is 0 Å². The molecule has 0 aromatic carbocycles. The second-order valence-corrected chi connectivity index (χ2v) is 7.31. The minimum atomic E-state index is 0.606. The molecule has 0 atom stereocenters. The van der Waals surface area contributed by atoms with Gasteiger partial charge in [0.15, 0.2) is 5.65 Å². The van der Waals surface area contributed by atoms with Gasteiger partial charge in [-0.05, 0) is 25.0 Å². The highest BCUT2D eigenvalue weighted by molar-refractivity contribution is 7.09. The Hall–Kier alpha value is -2.29. The summed E-state index contributed by atoms with van der Waals surface area (Å²) in [7, 11) is 0. The van der Waals surface area contributed by atoms with Gasteiger partial charge in [0, 0.05) is 43.0 Å². The van der Waals surface area contributed by atoms with E-state index < -0.39 is 0 Å². The highest BCUT2D eigenvalue weighted by Crippen LogP contribution is 2.35. The van der Waals surface area contributed by atoms with E-state index in [1.807, 2.05) is 12.1 Å². The van der Waals surface area contributed by atoms with Gasteiger partial charge in [-0.1, -0.05) is 6.42 Å². The van der Waals surface area contributed by atoms with Crippen LogP contribution in [0.4, 0.5) is 10.9 Å². The zero-order chi connectivity index (χ0) is 15.9. The molecule has 0 unspecified atom stereocenters. The third-order valence-corrected chi connectivity index (χ3v) is 5.57. The van der Waals surface area contributed by atoms with Crippen LogP contribution in [-0.2, 0) is 0 Å². The Bertz CT molecular complexity index is 848. The molecule has 9 heteroatoms. The van der Waals surface area contributed by atoms with Gasteiger partial charge in [-0.2, -0.15) is 8.89 Å². The Morgan fingerprint density at radius 3 is 3.00 bits per heavy atom. The van der Waals surface area contributed by atoms with Crippen LogP contribution in [-0.4, -0.2) is 48.8 Å². The summed E-state index contributed by atoms with van der Waals surface area (Å²) in [6, 6.07) is 3.95. The minimum Gasteiger partial charge on any atom is -0.360 e. The van der Waals surface area contributed by atoms with Gasteiger partial charge >= 0.3 is 0 Å². The third-order valence-electron chi connectivity index (χ3n) is 4.88. The molecule has 1 aliphatic carbocycles. The highest BCUT2D eigenvalue weighted by atomic mass is 32.1. The smallest absolute Gasteiger partial charge is 0.202 e. The van der Waals surface area contributed by atoms with E-state index in [0.29, 0.717) is 11.8 Å². The first kappa shape index (κ1) is 14.1. The van der Waals surface area contributed by atoms with Crippen LogP contribution in [0.3, 0.4) is 0 Å². The van der Waals surface area contributed by atoms with E-state index >= 15 is 0 Å². The molecule has 0 radical (unpaired) electrons. The van der Waals surface area contributed by atoms with Crippen LogP contribution in [0.25, 0.3) is 5.65 Å². The van der Waals surface area contributed by atoms with Crippen molar-refractivity contribution in [1.29, 1.82) is 0 Å². The van der Waals surface area contributed by atoms with Crippen LogP contribution >= 0.6 is 11.5 Å². The summed E-state index contributed by atoms with van der Waals surface area (Å²) in [5.74, 6) is 3.23. The predicted octanol–water partition coefficient (Wildman–Crippen LogP) is 1.79. The molecule has 2 aliphatic rings. The zero-order valence-corrected chi connectivity index (χ0v) is 14.0. The first-order chi connectivity index (χ1) is 11.8. The van der Waals surface area contributed by atoms with Gasteiger partial charge in [0.25, 0.3) is 0 Å². The Labute approximate surface area is 143 Å². The average molecular weight is 342 g/mol. The maximum Gasteiger partial charge on any atom is 0.202 e. The number of nitrogens with zero attached hydrogens (tertiary/aromatic N) is 7. The molecule has 4 heterocycles. The van der Waals surface area contributed by atoms with E-state index in [0.717, 1.165) is 42.1 Å². The lowest BCUT2D eigenvalue weighted by Crippen LogP contribution is -2.50. The fraction of sp³-hybridized carbons (Fsp3) is 0.533. The largest absolute Gasteiger partial charge is 0.360 e. The van der Waals surface area contributed by atoms with Crippen LogP contribution < -0.4 is 10.2 Å². The van der Waals surface area contributed by atoms with Gasteiger partial charge in [-0.25, -0.2) is 4.98 Å². The summed E-state index contributed by atoms with van der Waals surface area (Å²) >= 11 is 1.49. The number of aromatic nitrogens is 6. The van der Waals surface area contributed by atoms with Gasteiger partial charge in [-0.3, -0.25) is 0 Å². The first-order valence-corrected chi connectivity index (χ1v) is 9.12. The molecule has 1 saturated heterocycles. The van der Waals surface area contributed by atoms with Crippen LogP contribution in [0, 0.1) is 5.92 Å². The summed E-state index contributed by atoms with van der Waals surface area (Å²) < 4.78 is 6.19. The molecule has 0 bridgehead atoms. The van der Waals surface area contributed by atoms with Gasteiger partial charge in [0.05, 0.1) is 0 Å². The minimum absolute atomic E-state index is 0.606. The van der Waals surface area contributed by atoms with Gasteiger partial charge in [0.1, 0.15) is 18.0 Å². The topological polar surface area (TPSA) is 84.1 Å². The van der Waals surface area contributed by atoms with E-state index in [-0.39, 0.29) is 0 Å². The monoisotopic (exact) mass is 342 g/mol. The number of hydrogen-bond acceptors (Lipinski definition) is 8. The molecule has 0 spiro atoms. The van der Waals surface area contributed by atoms with E-state index in [9.17, 15) is 0 Å². The molecule has 3 aromatic rings. The van der Waals surface area contributed by atoms with Crippen molar-refractivity contribution >= 4 is 28.1 Å². The summed E-state index contributed by atoms with van der Waals surface area (Å²) in [5.41, 5.74) is 0.774. The van der Waals surface area contributed by atoms with Crippen LogP contribution in [0.2, 0.25) is 0 Å². The molecule has 1 aliphatic heterocycles. The maximum absolute atomic E-state index is 4.62. The van der Waals surface area contributed by atoms with Crippen molar-refractivity contribution in [1.82, 2.24) is 29.2 Å². The lowest BCUT2D eigenvalue weighted by atomic mass is 9.85. The molecule has 124 valence electrons. The van der Waals surface area contributed by atoms with Crippen LogP contribution in [0.15, 0.2) is 18.5 Å².